The molecule has 0 saturated carbocycles. The maximum atomic E-state index is 2.70. The van der Waals surface area contributed by atoms with Crippen LogP contribution in [0.2, 0.25) is 39.3 Å². The van der Waals surface area contributed by atoms with Crippen molar-refractivity contribution in [3.63, 3.8) is 0 Å². The summed E-state index contributed by atoms with van der Waals surface area (Å²) in [6.07, 6.45) is 5.73. The van der Waals surface area contributed by atoms with E-state index >= 15 is 0 Å². The fourth-order valence-electron chi connectivity index (χ4n) is 2.36. The molecule has 1 rings (SSSR count). The van der Waals surface area contributed by atoms with Crippen molar-refractivity contribution >= 4 is 16.5 Å². The Bertz CT molecular complexity index is 371. The summed E-state index contributed by atoms with van der Waals surface area (Å²) < 4.78 is 2.70. The van der Waals surface area contributed by atoms with Crippen LogP contribution in [0.1, 0.15) is 5.56 Å². The van der Waals surface area contributed by atoms with Crippen LogP contribution in [-0.4, -0.2) is 20.7 Å². The number of hydrogen-bond donors (Lipinski definition) is 0. The first-order valence-electron chi connectivity index (χ1n) is 6.71. The first kappa shape index (κ1) is 15.3. The fourth-order valence-corrected chi connectivity index (χ4v) is 11.5. The van der Waals surface area contributed by atoms with Gasteiger partial charge in [-0.3, -0.25) is 0 Å². The average Bonchev–Trinajstić information content (AvgIpc) is 2.22. The summed E-state index contributed by atoms with van der Waals surface area (Å²) in [6, 6.07) is 10.7. The molecule has 0 N–H and O–H groups in total. The first-order valence-corrected chi connectivity index (χ1v) is 13.6. The minimum absolute atomic E-state index is 1.03. The zero-order valence-electron chi connectivity index (χ0n) is 12.7. The van der Waals surface area contributed by atoms with E-state index in [-0.39, 0.29) is 0 Å². The normalized spacial score (nSPS) is 13.0. The van der Waals surface area contributed by atoms with Crippen LogP contribution in [0.25, 0.3) is 0 Å². The van der Waals surface area contributed by atoms with Gasteiger partial charge in [-0.1, -0.05) is 75.7 Å². The highest BCUT2D eigenvalue weighted by Gasteiger charge is 2.31. The highest BCUT2D eigenvalue weighted by Crippen LogP contribution is 2.20. The Labute approximate surface area is 115 Å². The van der Waals surface area contributed by atoms with E-state index in [0.29, 0.717) is 0 Å². The quantitative estimate of drug-likeness (QED) is 0.704. The van der Waals surface area contributed by atoms with E-state index in [1.165, 1.54) is 5.56 Å². The van der Waals surface area contributed by atoms with Crippen molar-refractivity contribution in [3.8, 4) is 0 Å². The van der Waals surface area contributed by atoms with Crippen LogP contribution >= 0.6 is 0 Å². The molecule has 0 bridgehead atoms. The van der Waals surface area contributed by atoms with Gasteiger partial charge in [0.25, 0.3) is 0 Å². The van der Waals surface area contributed by atoms with Gasteiger partial charge in [-0.2, -0.15) is 0 Å². The third-order valence-corrected chi connectivity index (χ3v) is 10.1. The largest absolute Gasteiger partial charge is 0.431 e. The van der Waals surface area contributed by atoms with E-state index in [2.05, 4.69) is 86.1 Å². The van der Waals surface area contributed by atoms with Gasteiger partial charge in [0, 0.05) is 0 Å². The molecule has 0 aliphatic heterocycles. The molecule has 3 heteroatoms. The summed E-state index contributed by atoms with van der Waals surface area (Å²) in [7, 11) is -2.50. The third kappa shape index (κ3) is 4.82. The van der Waals surface area contributed by atoms with Crippen LogP contribution in [0.5, 0.6) is 0 Å². The molecule has 0 aliphatic rings. The van der Waals surface area contributed by atoms with Crippen molar-refractivity contribution in [2.45, 2.75) is 45.7 Å². The Hall–Kier alpha value is -0.806. The van der Waals surface area contributed by atoms with Gasteiger partial charge in [0.1, 0.15) is 16.5 Å². The lowest BCUT2D eigenvalue weighted by Crippen LogP contribution is -2.55. The minimum Gasteiger partial charge on any atom is -0.431 e. The van der Waals surface area contributed by atoms with Gasteiger partial charge in [0.05, 0.1) is 0 Å². The van der Waals surface area contributed by atoms with Crippen LogP contribution in [0.15, 0.2) is 42.6 Å². The number of hydrogen-bond acceptors (Lipinski definition) is 1. The molecule has 0 unspecified atom stereocenters. The molecule has 1 aromatic carbocycles. The second-order valence-electron chi connectivity index (χ2n) is 6.79. The Morgan fingerprint density at radius 3 is 1.83 bits per heavy atom. The molecule has 0 heterocycles. The number of rotatable bonds is 5. The average molecular weight is 278 g/mol. The third-order valence-electron chi connectivity index (χ3n) is 2.90. The van der Waals surface area contributed by atoms with E-state index in [4.69, 9.17) is 0 Å². The summed E-state index contributed by atoms with van der Waals surface area (Å²) >= 11 is 0. The topological polar surface area (TPSA) is 3.24 Å². The minimum atomic E-state index is -1.25. The predicted octanol–water partition coefficient (Wildman–Crippen LogP) is 4.71. The van der Waals surface area contributed by atoms with Crippen molar-refractivity contribution < 1.29 is 0 Å². The summed E-state index contributed by atoms with van der Waals surface area (Å²) in [6.45, 7) is 14.6. The molecule has 0 aromatic heterocycles. The smallest absolute Gasteiger partial charge is 0.138 e. The Balaban J connectivity index is 2.74. The van der Waals surface area contributed by atoms with E-state index in [1.54, 1.807) is 0 Å². The lowest BCUT2D eigenvalue weighted by atomic mass is 10.1. The number of benzene rings is 1. The van der Waals surface area contributed by atoms with Gasteiger partial charge in [0.2, 0.25) is 0 Å². The highest BCUT2D eigenvalue weighted by molar-refractivity contribution is 6.89. The van der Waals surface area contributed by atoms with Crippen LogP contribution in [0.3, 0.4) is 0 Å². The predicted molar refractivity (Wildman–Crippen MR) is 87.8 cm³/mol. The molecule has 0 saturated heterocycles. The summed E-state index contributed by atoms with van der Waals surface area (Å²) in [5.74, 6) is 0. The second kappa shape index (κ2) is 5.89. The van der Waals surface area contributed by atoms with E-state index in [9.17, 15) is 0 Å². The molecule has 0 amide bonds. The molecule has 0 aliphatic carbocycles. The lowest BCUT2D eigenvalue weighted by Gasteiger charge is -2.43. The number of nitrogens with zero attached hydrogens (tertiary/aromatic N) is 1. The maximum Gasteiger partial charge on any atom is 0.138 e. The zero-order valence-corrected chi connectivity index (χ0v) is 14.7. The second-order valence-corrected chi connectivity index (χ2v) is 16.9. The molecule has 0 atom stereocenters. The summed E-state index contributed by atoms with van der Waals surface area (Å²) in [5.41, 5.74) is 1.39. The van der Waals surface area contributed by atoms with E-state index < -0.39 is 16.5 Å². The molecule has 18 heavy (non-hydrogen) atoms. The molecular weight excluding hydrogens is 250 g/mol. The van der Waals surface area contributed by atoms with Gasteiger partial charge in [-0.25, -0.2) is 0 Å². The molecule has 1 nitrogen and oxygen atoms in total. The molecule has 0 fully saturated rings. The van der Waals surface area contributed by atoms with E-state index in [1.807, 2.05) is 0 Å². The highest BCUT2D eigenvalue weighted by atomic mass is 28.4. The SMILES string of the molecule is C[Si](C)(C)N(/C=C/Cc1ccccc1)[Si](C)(C)C. The zero-order chi connectivity index (χ0) is 13.8. The molecule has 0 spiro atoms. The van der Waals surface area contributed by atoms with Crippen LogP contribution in [0, 0.1) is 0 Å². The maximum absolute atomic E-state index is 2.70. The molecule has 0 radical (unpaired) electrons. The lowest BCUT2D eigenvalue weighted by molar-refractivity contribution is 0.825. The first-order chi connectivity index (χ1) is 8.21. The Kier molecular flexibility index (Phi) is 4.99. The van der Waals surface area contributed by atoms with Crippen LogP contribution < -0.4 is 0 Å². The van der Waals surface area contributed by atoms with Gasteiger partial charge in [-0.15, -0.1) is 0 Å². The van der Waals surface area contributed by atoms with Crippen molar-refractivity contribution in [3.05, 3.63) is 48.2 Å². The van der Waals surface area contributed by atoms with Crippen LogP contribution in [0.4, 0.5) is 0 Å². The monoisotopic (exact) mass is 277 g/mol. The standard InChI is InChI=1S/C15H27NSi2/c1-17(2,3)16(18(4,5)6)14-10-13-15-11-8-7-9-12-15/h7-12,14H,13H2,1-6H3/b14-10+. The van der Waals surface area contributed by atoms with Crippen molar-refractivity contribution in [1.29, 1.82) is 0 Å². The fraction of sp³-hybridized carbons (Fsp3) is 0.467. The van der Waals surface area contributed by atoms with Gasteiger partial charge in [0.15, 0.2) is 0 Å². The van der Waals surface area contributed by atoms with Gasteiger partial charge < -0.3 is 4.23 Å². The van der Waals surface area contributed by atoms with Gasteiger partial charge >= 0.3 is 0 Å². The molecular formula is C15H27NSi2. The van der Waals surface area contributed by atoms with Crippen molar-refractivity contribution in [1.82, 2.24) is 4.23 Å². The molecule has 1 aromatic rings. The van der Waals surface area contributed by atoms with Gasteiger partial charge in [-0.05, 0) is 18.2 Å². The van der Waals surface area contributed by atoms with Crippen LogP contribution in [-0.2, 0) is 6.42 Å². The molecule has 100 valence electrons. The van der Waals surface area contributed by atoms with Crippen molar-refractivity contribution in [2.75, 3.05) is 0 Å². The Morgan fingerprint density at radius 1 is 0.889 bits per heavy atom. The summed E-state index contributed by atoms with van der Waals surface area (Å²) in [5, 5.41) is 0. The van der Waals surface area contributed by atoms with Crippen molar-refractivity contribution in [2.24, 2.45) is 0 Å². The Morgan fingerprint density at radius 2 is 1.39 bits per heavy atom. The van der Waals surface area contributed by atoms with E-state index in [0.717, 1.165) is 6.42 Å². The number of allylic oxidation sites excluding steroid dienone is 1. The summed E-state index contributed by atoms with van der Waals surface area (Å²) in [4.78, 5) is 0.